The van der Waals surface area contributed by atoms with E-state index in [1.54, 1.807) is 0 Å². The fourth-order valence-corrected chi connectivity index (χ4v) is 3.56. The highest BCUT2D eigenvalue weighted by atomic mass is 32.2. The molecule has 0 saturated carbocycles. The van der Waals surface area contributed by atoms with Gasteiger partial charge in [0.25, 0.3) is 0 Å². The molecule has 2 fully saturated rings. The van der Waals surface area contributed by atoms with Gasteiger partial charge in [-0.25, -0.2) is 0 Å². The predicted octanol–water partition coefficient (Wildman–Crippen LogP) is 1.40. The first-order valence-corrected chi connectivity index (χ1v) is 6.18. The van der Waals surface area contributed by atoms with Crippen molar-refractivity contribution in [2.24, 2.45) is 5.41 Å². The lowest BCUT2D eigenvalue weighted by Crippen LogP contribution is -2.46. The number of hydrogen-bond acceptors (Lipinski definition) is 3. The van der Waals surface area contributed by atoms with Gasteiger partial charge in [0.15, 0.2) is 0 Å². The van der Waals surface area contributed by atoms with Crippen molar-refractivity contribution in [1.29, 1.82) is 0 Å². The van der Waals surface area contributed by atoms with Gasteiger partial charge in [-0.1, -0.05) is 0 Å². The van der Waals surface area contributed by atoms with E-state index in [0.29, 0.717) is 5.78 Å². The zero-order valence-electron chi connectivity index (χ0n) is 8.21. The molecule has 0 bridgehead atoms. The molecule has 0 N–H and O–H groups in total. The Hall–Kier alpha value is -0.0200. The zero-order chi connectivity index (χ0) is 9.31. The van der Waals surface area contributed by atoms with Gasteiger partial charge in [-0.3, -0.25) is 4.79 Å². The summed E-state index contributed by atoms with van der Waals surface area (Å²) in [5, 5.41) is 0. The van der Waals surface area contributed by atoms with Crippen LogP contribution in [-0.4, -0.2) is 42.3 Å². The number of carbonyl (C=O) groups excluding carboxylic acids is 1. The van der Waals surface area contributed by atoms with Crippen molar-refractivity contribution in [3.8, 4) is 0 Å². The first-order valence-electron chi connectivity index (χ1n) is 5.03. The lowest BCUT2D eigenvalue weighted by atomic mass is 9.75. The van der Waals surface area contributed by atoms with Gasteiger partial charge in [-0.05, 0) is 33.0 Å². The summed E-state index contributed by atoms with van der Waals surface area (Å²) in [6.45, 7) is 2.21. The van der Waals surface area contributed by atoms with E-state index in [2.05, 4.69) is 11.9 Å². The van der Waals surface area contributed by atoms with Crippen LogP contribution in [0.4, 0.5) is 0 Å². The Bertz CT molecular complexity index is 209. The number of hydrogen-bond donors (Lipinski definition) is 0. The molecular weight excluding hydrogens is 182 g/mol. The number of likely N-dealkylation sites (tertiary alicyclic amines) is 1. The standard InChI is InChI=1S/C10H17NOS/c1-11-5-3-10(4-6-11)8-13-7-2-9(10)12/h2-8H2,1H3. The van der Waals surface area contributed by atoms with Crippen LogP contribution in [-0.2, 0) is 4.79 Å². The fraction of sp³-hybridized carbons (Fsp3) is 0.900. The van der Waals surface area contributed by atoms with Crippen LogP contribution in [0.15, 0.2) is 0 Å². The average Bonchev–Trinajstić information content (AvgIpc) is 2.15. The molecule has 2 aliphatic heterocycles. The topological polar surface area (TPSA) is 20.3 Å². The second kappa shape index (κ2) is 3.62. The number of ketones is 1. The first-order chi connectivity index (χ1) is 6.23. The lowest BCUT2D eigenvalue weighted by molar-refractivity contribution is -0.129. The molecule has 2 aliphatic rings. The minimum Gasteiger partial charge on any atom is -0.306 e. The van der Waals surface area contributed by atoms with Gasteiger partial charge in [-0.15, -0.1) is 0 Å². The molecule has 2 rings (SSSR count). The molecule has 2 saturated heterocycles. The van der Waals surface area contributed by atoms with E-state index in [4.69, 9.17) is 0 Å². The number of rotatable bonds is 0. The largest absolute Gasteiger partial charge is 0.306 e. The van der Waals surface area contributed by atoms with Crippen molar-refractivity contribution in [1.82, 2.24) is 4.90 Å². The molecule has 2 heterocycles. The maximum absolute atomic E-state index is 11.8. The summed E-state index contributed by atoms with van der Waals surface area (Å²) in [5.74, 6) is 2.68. The number of carbonyl (C=O) groups is 1. The normalized spacial score (nSPS) is 29.5. The summed E-state index contributed by atoms with van der Waals surface area (Å²) in [7, 11) is 2.15. The van der Waals surface area contributed by atoms with Crippen molar-refractivity contribution < 1.29 is 4.79 Å². The Morgan fingerprint density at radius 1 is 1.38 bits per heavy atom. The molecule has 0 amide bonds. The van der Waals surface area contributed by atoms with Gasteiger partial charge in [-0.2, -0.15) is 11.8 Å². The van der Waals surface area contributed by atoms with E-state index in [1.165, 1.54) is 0 Å². The predicted molar refractivity (Wildman–Crippen MR) is 56.1 cm³/mol. The van der Waals surface area contributed by atoms with Gasteiger partial charge in [0, 0.05) is 23.3 Å². The Morgan fingerprint density at radius 2 is 2.08 bits per heavy atom. The van der Waals surface area contributed by atoms with Crippen LogP contribution < -0.4 is 0 Å². The molecule has 3 heteroatoms. The molecule has 74 valence electrons. The van der Waals surface area contributed by atoms with E-state index < -0.39 is 0 Å². The van der Waals surface area contributed by atoms with Gasteiger partial charge in [0.2, 0.25) is 0 Å². The van der Waals surface area contributed by atoms with E-state index in [0.717, 1.165) is 43.9 Å². The van der Waals surface area contributed by atoms with Crippen LogP contribution in [0, 0.1) is 5.41 Å². The van der Waals surface area contributed by atoms with Crippen LogP contribution in [0.25, 0.3) is 0 Å². The lowest BCUT2D eigenvalue weighted by Gasteiger charge is -2.41. The van der Waals surface area contributed by atoms with Crippen LogP contribution in [0.2, 0.25) is 0 Å². The van der Waals surface area contributed by atoms with Crippen molar-refractivity contribution in [2.75, 3.05) is 31.6 Å². The summed E-state index contributed by atoms with van der Waals surface area (Å²) in [6.07, 6.45) is 3.00. The maximum atomic E-state index is 11.8. The molecule has 0 radical (unpaired) electrons. The second-order valence-corrected chi connectivity index (χ2v) is 5.41. The Balaban J connectivity index is 2.06. The van der Waals surface area contributed by atoms with Crippen molar-refractivity contribution in [2.45, 2.75) is 19.3 Å². The Labute approximate surface area is 84.1 Å². The molecule has 0 aliphatic carbocycles. The Morgan fingerprint density at radius 3 is 2.69 bits per heavy atom. The van der Waals surface area contributed by atoms with Gasteiger partial charge < -0.3 is 4.90 Å². The molecule has 13 heavy (non-hydrogen) atoms. The smallest absolute Gasteiger partial charge is 0.140 e. The van der Waals surface area contributed by atoms with E-state index in [1.807, 2.05) is 11.8 Å². The fourth-order valence-electron chi connectivity index (χ4n) is 2.25. The van der Waals surface area contributed by atoms with E-state index >= 15 is 0 Å². The van der Waals surface area contributed by atoms with Gasteiger partial charge in [0.1, 0.15) is 5.78 Å². The summed E-state index contributed by atoms with van der Waals surface area (Å²) in [5.41, 5.74) is 0.0788. The quantitative estimate of drug-likeness (QED) is 0.588. The van der Waals surface area contributed by atoms with Gasteiger partial charge >= 0.3 is 0 Å². The third-order valence-corrected chi connectivity index (χ3v) is 4.64. The average molecular weight is 199 g/mol. The number of piperidine rings is 1. The summed E-state index contributed by atoms with van der Waals surface area (Å²) in [6, 6.07) is 0. The molecule has 1 spiro atoms. The second-order valence-electron chi connectivity index (χ2n) is 4.31. The third kappa shape index (κ3) is 1.77. The molecule has 0 atom stereocenters. The summed E-state index contributed by atoms with van der Waals surface area (Å²) >= 11 is 1.97. The molecular formula is C10H17NOS. The minimum atomic E-state index is 0.0788. The number of Topliss-reactive ketones (excluding diaryl/α,β-unsaturated/α-hetero) is 1. The van der Waals surface area contributed by atoms with Crippen LogP contribution in [0.3, 0.4) is 0 Å². The minimum absolute atomic E-state index is 0.0788. The van der Waals surface area contributed by atoms with Crippen molar-refractivity contribution >= 4 is 17.5 Å². The van der Waals surface area contributed by atoms with E-state index in [-0.39, 0.29) is 5.41 Å². The summed E-state index contributed by atoms with van der Waals surface area (Å²) < 4.78 is 0. The highest BCUT2D eigenvalue weighted by Crippen LogP contribution is 2.39. The monoisotopic (exact) mass is 199 g/mol. The third-order valence-electron chi connectivity index (χ3n) is 3.39. The molecule has 0 aromatic heterocycles. The highest BCUT2D eigenvalue weighted by molar-refractivity contribution is 7.99. The molecule has 0 unspecified atom stereocenters. The molecule has 2 nitrogen and oxygen atoms in total. The van der Waals surface area contributed by atoms with Crippen LogP contribution in [0.1, 0.15) is 19.3 Å². The zero-order valence-corrected chi connectivity index (χ0v) is 9.03. The van der Waals surface area contributed by atoms with Crippen molar-refractivity contribution in [3.63, 3.8) is 0 Å². The first kappa shape index (κ1) is 9.53. The van der Waals surface area contributed by atoms with Gasteiger partial charge in [0.05, 0.1) is 0 Å². The van der Waals surface area contributed by atoms with Crippen molar-refractivity contribution in [3.05, 3.63) is 0 Å². The van der Waals surface area contributed by atoms with Crippen LogP contribution >= 0.6 is 11.8 Å². The molecule has 0 aromatic carbocycles. The molecule has 0 aromatic rings. The summed E-state index contributed by atoms with van der Waals surface area (Å²) in [4.78, 5) is 14.2. The van der Waals surface area contributed by atoms with Crippen LogP contribution in [0.5, 0.6) is 0 Å². The number of nitrogens with zero attached hydrogens (tertiary/aromatic N) is 1. The number of thioether (sulfide) groups is 1. The maximum Gasteiger partial charge on any atom is 0.140 e. The Kier molecular flexibility index (Phi) is 2.65. The SMILES string of the molecule is CN1CCC2(CC1)CSCCC2=O. The highest BCUT2D eigenvalue weighted by Gasteiger charge is 2.41. The van der Waals surface area contributed by atoms with E-state index in [9.17, 15) is 4.79 Å².